The Balaban J connectivity index is 1.69. The van der Waals surface area contributed by atoms with E-state index in [1.807, 2.05) is 6.07 Å². The predicted octanol–water partition coefficient (Wildman–Crippen LogP) is 2.93. The molecular formula is C14H17FN2O. The lowest BCUT2D eigenvalue weighted by atomic mass is 10.2. The molecule has 96 valence electrons. The van der Waals surface area contributed by atoms with E-state index < -0.39 is 5.82 Å². The summed E-state index contributed by atoms with van der Waals surface area (Å²) in [5, 5.41) is 11.9. The highest BCUT2D eigenvalue weighted by Gasteiger charge is 2.20. The number of benzene rings is 1. The Morgan fingerprint density at radius 2 is 2.28 bits per heavy atom. The first-order valence-corrected chi connectivity index (χ1v) is 6.31. The van der Waals surface area contributed by atoms with Crippen molar-refractivity contribution in [3.05, 3.63) is 29.6 Å². The molecule has 0 amide bonds. The summed E-state index contributed by atoms with van der Waals surface area (Å²) in [6, 6.07) is 6.48. The Kier molecular flexibility index (Phi) is 4.54. The summed E-state index contributed by atoms with van der Waals surface area (Å²) >= 11 is 0. The van der Waals surface area contributed by atoms with E-state index in [0.29, 0.717) is 18.8 Å². The Morgan fingerprint density at radius 3 is 3.00 bits per heavy atom. The average Bonchev–Trinajstić information content (AvgIpc) is 3.18. The molecule has 1 saturated carbocycles. The van der Waals surface area contributed by atoms with Crippen molar-refractivity contribution in [3.8, 4) is 6.07 Å². The third-order valence-corrected chi connectivity index (χ3v) is 2.96. The van der Waals surface area contributed by atoms with Gasteiger partial charge in [0.1, 0.15) is 17.4 Å². The molecule has 2 rings (SSSR count). The van der Waals surface area contributed by atoms with Gasteiger partial charge in [0.25, 0.3) is 0 Å². The van der Waals surface area contributed by atoms with Crippen LogP contribution in [-0.4, -0.2) is 19.8 Å². The molecular weight excluding hydrogens is 231 g/mol. The molecule has 18 heavy (non-hydrogen) atoms. The van der Waals surface area contributed by atoms with Crippen LogP contribution in [0.3, 0.4) is 0 Å². The molecule has 3 nitrogen and oxygen atoms in total. The molecule has 0 bridgehead atoms. The molecule has 0 saturated heterocycles. The Hall–Kier alpha value is -1.60. The van der Waals surface area contributed by atoms with Crippen LogP contribution in [0.4, 0.5) is 10.1 Å². The summed E-state index contributed by atoms with van der Waals surface area (Å²) in [6.45, 7) is 2.26. The molecule has 0 atom stereocenters. The van der Waals surface area contributed by atoms with Crippen LogP contribution < -0.4 is 5.32 Å². The van der Waals surface area contributed by atoms with E-state index >= 15 is 0 Å². The summed E-state index contributed by atoms with van der Waals surface area (Å²) in [5.41, 5.74) is 0.635. The molecule has 0 aliphatic heterocycles. The van der Waals surface area contributed by atoms with Gasteiger partial charge in [-0.15, -0.1) is 0 Å². The van der Waals surface area contributed by atoms with Crippen LogP contribution in [0.15, 0.2) is 18.2 Å². The maximum Gasteiger partial charge on any atom is 0.143 e. The van der Waals surface area contributed by atoms with E-state index in [1.54, 1.807) is 12.1 Å². The van der Waals surface area contributed by atoms with Crippen molar-refractivity contribution >= 4 is 5.69 Å². The first kappa shape index (κ1) is 12.8. The van der Waals surface area contributed by atoms with Gasteiger partial charge >= 0.3 is 0 Å². The standard InChI is InChI=1S/C14H17FN2O/c15-13-3-1-4-14(12(13)9-16)17-7-2-8-18-10-11-5-6-11/h1,3-4,11,17H,2,5-8,10H2. The molecule has 1 aromatic rings. The van der Waals surface area contributed by atoms with Crippen molar-refractivity contribution in [1.82, 2.24) is 0 Å². The Labute approximate surface area is 107 Å². The number of hydrogen-bond acceptors (Lipinski definition) is 3. The Morgan fingerprint density at radius 1 is 1.44 bits per heavy atom. The number of ether oxygens (including phenoxy) is 1. The van der Waals surface area contributed by atoms with Crippen molar-refractivity contribution in [1.29, 1.82) is 5.26 Å². The molecule has 4 heteroatoms. The SMILES string of the molecule is N#Cc1c(F)cccc1NCCCOCC1CC1. The highest BCUT2D eigenvalue weighted by molar-refractivity contribution is 5.57. The number of nitrogens with zero attached hydrogens (tertiary/aromatic N) is 1. The zero-order valence-corrected chi connectivity index (χ0v) is 10.3. The van der Waals surface area contributed by atoms with Crippen molar-refractivity contribution in [2.45, 2.75) is 19.3 Å². The summed E-state index contributed by atoms with van der Waals surface area (Å²) in [6.07, 6.45) is 3.45. The second-order valence-electron chi connectivity index (χ2n) is 4.57. The second-order valence-corrected chi connectivity index (χ2v) is 4.57. The van der Waals surface area contributed by atoms with E-state index in [2.05, 4.69) is 5.32 Å². The van der Waals surface area contributed by atoms with E-state index in [4.69, 9.17) is 10.00 Å². The number of hydrogen-bond donors (Lipinski definition) is 1. The maximum atomic E-state index is 13.3. The first-order valence-electron chi connectivity index (χ1n) is 6.31. The van der Waals surface area contributed by atoms with E-state index in [1.165, 1.54) is 18.9 Å². The van der Waals surface area contributed by atoms with E-state index in [0.717, 1.165) is 18.9 Å². The van der Waals surface area contributed by atoms with Gasteiger partial charge in [0, 0.05) is 19.8 Å². The third kappa shape index (κ3) is 3.71. The van der Waals surface area contributed by atoms with Crippen LogP contribution in [0.1, 0.15) is 24.8 Å². The van der Waals surface area contributed by atoms with Gasteiger partial charge in [-0.2, -0.15) is 5.26 Å². The fraction of sp³-hybridized carbons (Fsp3) is 0.500. The van der Waals surface area contributed by atoms with Crippen LogP contribution in [-0.2, 0) is 4.74 Å². The molecule has 0 aromatic heterocycles. The minimum absolute atomic E-state index is 0.0800. The van der Waals surface area contributed by atoms with Gasteiger partial charge in [0.15, 0.2) is 0 Å². The summed E-state index contributed by atoms with van der Waals surface area (Å²) in [4.78, 5) is 0. The molecule has 0 spiro atoms. The highest BCUT2D eigenvalue weighted by Crippen LogP contribution is 2.28. The number of nitriles is 1. The van der Waals surface area contributed by atoms with Crippen molar-refractivity contribution in [2.24, 2.45) is 5.92 Å². The maximum absolute atomic E-state index is 13.3. The predicted molar refractivity (Wildman–Crippen MR) is 67.8 cm³/mol. The van der Waals surface area contributed by atoms with Crippen LogP contribution in [0, 0.1) is 23.1 Å². The van der Waals surface area contributed by atoms with Gasteiger partial charge in [-0.05, 0) is 37.3 Å². The lowest BCUT2D eigenvalue weighted by molar-refractivity contribution is 0.124. The minimum Gasteiger partial charge on any atom is -0.384 e. The average molecular weight is 248 g/mol. The third-order valence-electron chi connectivity index (χ3n) is 2.96. The van der Waals surface area contributed by atoms with Crippen molar-refractivity contribution in [2.75, 3.05) is 25.1 Å². The highest BCUT2D eigenvalue weighted by atomic mass is 19.1. The van der Waals surface area contributed by atoms with Crippen LogP contribution in [0.25, 0.3) is 0 Å². The van der Waals surface area contributed by atoms with Crippen LogP contribution in [0.5, 0.6) is 0 Å². The van der Waals surface area contributed by atoms with Gasteiger partial charge in [-0.25, -0.2) is 4.39 Å². The molecule has 1 fully saturated rings. The zero-order chi connectivity index (χ0) is 12.8. The summed E-state index contributed by atoms with van der Waals surface area (Å²) in [5.74, 6) is 0.304. The molecule has 1 aliphatic carbocycles. The summed E-state index contributed by atoms with van der Waals surface area (Å²) < 4.78 is 18.8. The molecule has 1 N–H and O–H groups in total. The van der Waals surface area contributed by atoms with E-state index in [-0.39, 0.29) is 5.56 Å². The number of rotatable bonds is 7. The van der Waals surface area contributed by atoms with Gasteiger partial charge in [0.05, 0.1) is 5.69 Å². The van der Waals surface area contributed by atoms with Crippen molar-refractivity contribution in [3.63, 3.8) is 0 Å². The quantitative estimate of drug-likeness (QED) is 0.754. The fourth-order valence-electron chi connectivity index (χ4n) is 1.72. The molecule has 1 aromatic carbocycles. The van der Waals surface area contributed by atoms with E-state index in [9.17, 15) is 4.39 Å². The van der Waals surface area contributed by atoms with Crippen LogP contribution in [0.2, 0.25) is 0 Å². The number of nitrogens with one attached hydrogen (secondary N) is 1. The molecule has 1 aliphatic rings. The lowest BCUT2D eigenvalue weighted by Gasteiger charge is -2.08. The Bertz CT molecular complexity index is 438. The number of halogens is 1. The topological polar surface area (TPSA) is 45.0 Å². The van der Waals surface area contributed by atoms with Gasteiger partial charge in [-0.1, -0.05) is 6.07 Å². The second kappa shape index (κ2) is 6.36. The zero-order valence-electron chi connectivity index (χ0n) is 10.3. The van der Waals surface area contributed by atoms with Crippen molar-refractivity contribution < 1.29 is 9.13 Å². The van der Waals surface area contributed by atoms with Gasteiger partial charge in [0.2, 0.25) is 0 Å². The summed E-state index contributed by atoms with van der Waals surface area (Å²) in [7, 11) is 0. The van der Waals surface area contributed by atoms with Gasteiger partial charge < -0.3 is 10.1 Å². The number of anilines is 1. The normalized spacial score (nSPS) is 14.2. The molecule has 0 heterocycles. The fourth-order valence-corrected chi connectivity index (χ4v) is 1.72. The smallest absolute Gasteiger partial charge is 0.143 e. The largest absolute Gasteiger partial charge is 0.384 e. The molecule has 0 unspecified atom stereocenters. The lowest BCUT2D eigenvalue weighted by Crippen LogP contribution is -2.08. The monoisotopic (exact) mass is 248 g/mol. The minimum atomic E-state index is -0.479. The molecule has 0 radical (unpaired) electrons. The van der Waals surface area contributed by atoms with Crippen LogP contribution >= 0.6 is 0 Å². The van der Waals surface area contributed by atoms with Gasteiger partial charge in [-0.3, -0.25) is 0 Å². The first-order chi connectivity index (χ1) is 8.81.